The zero-order chi connectivity index (χ0) is 30.2. The molecule has 2 aromatic carbocycles. The molecule has 0 bridgehead atoms. The van der Waals surface area contributed by atoms with E-state index in [-0.39, 0.29) is 18.1 Å². The molecule has 0 spiro atoms. The largest absolute Gasteiger partial charge is 0.488 e. The van der Waals surface area contributed by atoms with Crippen molar-refractivity contribution in [3.63, 3.8) is 0 Å². The summed E-state index contributed by atoms with van der Waals surface area (Å²) in [6, 6.07) is 8.88. The van der Waals surface area contributed by atoms with E-state index in [1.54, 1.807) is 23.1 Å². The lowest BCUT2D eigenvalue weighted by Gasteiger charge is -2.36. The third kappa shape index (κ3) is 6.60. The van der Waals surface area contributed by atoms with E-state index in [2.05, 4.69) is 34.0 Å². The molecule has 12 heteroatoms. The van der Waals surface area contributed by atoms with Gasteiger partial charge in [0.05, 0.1) is 39.9 Å². The van der Waals surface area contributed by atoms with Gasteiger partial charge in [0.2, 0.25) is 5.95 Å². The van der Waals surface area contributed by atoms with Crippen LogP contribution >= 0.6 is 23.2 Å². The molecule has 2 aliphatic rings. The van der Waals surface area contributed by atoms with Gasteiger partial charge >= 0.3 is 6.09 Å². The molecular formula is C30H35Cl2FN6O3. The van der Waals surface area contributed by atoms with Crippen LogP contribution in [0.2, 0.25) is 10.0 Å². The molecule has 224 valence electrons. The Morgan fingerprint density at radius 1 is 1.05 bits per heavy atom. The molecule has 0 unspecified atom stereocenters. The number of fused-ring (bicyclic) bond motifs is 1. The van der Waals surface area contributed by atoms with Crippen molar-refractivity contribution in [3.8, 4) is 17.0 Å². The summed E-state index contributed by atoms with van der Waals surface area (Å²) in [5.74, 6) is 0.513. The molecule has 42 heavy (non-hydrogen) atoms. The molecule has 1 amide bonds. The van der Waals surface area contributed by atoms with Crippen molar-refractivity contribution >= 4 is 52.3 Å². The third-order valence-electron chi connectivity index (χ3n) is 7.03. The number of nitrogens with zero attached hydrogens (tertiary/aromatic N) is 5. The molecule has 3 heterocycles. The van der Waals surface area contributed by atoms with Crippen LogP contribution in [-0.4, -0.2) is 71.9 Å². The lowest BCUT2D eigenvalue weighted by Crippen LogP contribution is -2.50. The molecular weight excluding hydrogens is 582 g/mol. The van der Waals surface area contributed by atoms with Crippen LogP contribution in [0.5, 0.6) is 5.75 Å². The van der Waals surface area contributed by atoms with Gasteiger partial charge in [0, 0.05) is 43.5 Å². The van der Waals surface area contributed by atoms with Crippen LogP contribution in [0.4, 0.5) is 32.2 Å². The van der Waals surface area contributed by atoms with Crippen LogP contribution < -0.4 is 19.9 Å². The Morgan fingerprint density at radius 2 is 1.79 bits per heavy atom. The molecule has 5 rings (SSSR count). The highest BCUT2D eigenvalue weighted by Crippen LogP contribution is 2.43. The molecule has 9 nitrogen and oxygen atoms in total. The number of hydrogen-bond donors (Lipinski definition) is 1. The minimum absolute atomic E-state index is 0.254. The van der Waals surface area contributed by atoms with Crippen molar-refractivity contribution in [1.82, 2.24) is 14.9 Å². The Balaban J connectivity index is 1.31. The highest BCUT2D eigenvalue weighted by atomic mass is 35.5. The molecule has 0 saturated carbocycles. The predicted molar refractivity (Wildman–Crippen MR) is 165 cm³/mol. The van der Waals surface area contributed by atoms with Gasteiger partial charge in [-0.1, -0.05) is 23.2 Å². The highest BCUT2D eigenvalue weighted by molar-refractivity contribution is 6.34. The molecule has 0 radical (unpaired) electrons. The van der Waals surface area contributed by atoms with E-state index in [4.69, 9.17) is 32.7 Å². The van der Waals surface area contributed by atoms with Crippen molar-refractivity contribution in [1.29, 1.82) is 0 Å². The van der Waals surface area contributed by atoms with Crippen LogP contribution in [0.3, 0.4) is 0 Å². The number of amides is 1. The molecule has 0 aliphatic carbocycles. The topological polar surface area (TPSA) is 83.1 Å². The predicted octanol–water partition coefficient (Wildman–Crippen LogP) is 7.00. The molecule has 1 aromatic heterocycles. The number of hydrogen-bond acceptors (Lipinski definition) is 8. The minimum atomic E-state index is -0.560. The van der Waals surface area contributed by atoms with Crippen LogP contribution in [0.25, 0.3) is 11.3 Å². The molecule has 1 N–H and O–H groups in total. The van der Waals surface area contributed by atoms with E-state index in [9.17, 15) is 4.79 Å². The first kappa shape index (κ1) is 30.0. The van der Waals surface area contributed by atoms with Crippen LogP contribution in [0.1, 0.15) is 34.6 Å². The van der Waals surface area contributed by atoms with Gasteiger partial charge in [-0.05, 0) is 65.0 Å². The Labute approximate surface area is 255 Å². The number of piperazine rings is 1. The Bertz CT molecular complexity index is 1470. The van der Waals surface area contributed by atoms with Crippen LogP contribution in [0, 0.1) is 5.82 Å². The number of benzene rings is 2. The third-order valence-corrected chi connectivity index (χ3v) is 7.59. The maximum absolute atomic E-state index is 15.3. The monoisotopic (exact) mass is 616 g/mol. The fourth-order valence-corrected chi connectivity index (χ4v) is 5.50. The first-order chi connectivity index (χ1) is 19.9. The van der Waals surface area contributed by atoms with E-state index >= 15 is 4.39 Å². The molecule has 3 aromatic rings. The zero-order valence-electron chi connectivity index (χ0n) is 24.4. The van der Waals surface area contributed by atoms with Crippen molar-refractivity contribution in [2.24, 2.45) is 0 Å². The van der Waals surface area contributed by atoms with E-state index in [1.807, 2.05) is 31.7 Å². The number of carbonyl (C=O) groups is 1. The van der Waals surface area contributed by atoms with E-state index < -0.39 is 11.4 Å². The first-order valence-corrected chi connectivity index (χ1v) is 14.7. The quantitative estimate of drug-likeness (QED) is 0.328. The number of rotatable bonds is 5. The highest BCUT2D eigenvalue weighted by Gasteiger charge is 2.27. The Hall–Kier alpha value is -3.50. The van der Waals surface area contributed by atoms with Crippen LogP contribution in [0.15, 0.2) is 36.5 Å². The summed E-state index contributed by atoms with van der Waals surface area (Å²) in [7, 11) is 0. The second kappa shape index (κ2) is 12.0. The van der Waals surface area contributed by atoms with Crippen molar-refractivity contribution in [2.45, 2.75) is 46.3 Å². The van der Waals surface area contributed by atoms with Gasteiger partial charge in [0.1, 0.15) is 18.0 Å². The summed E-state index contributed by atoms with van der Waals surface area (Å²) in [6.45, 7) is 12.9. The average molecular weight is 618 g/mol. The van der Waals surface area contributed by atoms with E-state index in [0.29, 0.717) is 65.6 Å². The van der Waals surface area contributed by atoms with Crippen molar-refractivity contribution in [3.05, 3.63) is 52.4 Å². The van der Waals surface area contributed by atoms with Gasteiger partial charge in [0.15, 0.2) is 5.75 Å². The van der Waals surface area contributed by atoms with Gasteiger partial charge in [-0.2, -0.15) is 0 Å². The second-order valence-corrected chi connectivity index (χ2v) is 12.4. The van der Waals surface area contributed by atoms with Crippen molar-refractivity contribution < 1.29 is 18.7 Å². The molecule has 1 saturated heterocycles. The van der Waals surface area contributed by atoms with Crippen molar-refractivity contribution in [2.75, 3.05) is 54.4 Å². The smallest absolute Gasteiger partial charge is 0.410 e. The van der Waals surface area contributed by atoms with Gasteiger partial charge in [0.25, 0.3) is 0 Å². The average Bonchev–Trinajstić information content (AvgIpc) is 2.93. The van der Waals surface area contributed by atoms with Gasteiger partial charge in [-0.15, -0.1) is 0 Å². The number of aromatic nitrogens is 2. The fraction of sp³-hybridized carbons (Fsp3) is 0.433. The molecule has 1 fully saturated rings. The van der Waals surface area contributed by atoms with E-state index in [0.717, 1.165) is 17.8 Å². The van der Waals surface area contributed by atoms with Gasteiger partial charge in [-0.25, -0.2) is 19.2 Å². The maximum Gasteiger partial charge on any atom is 0.410 e. The summed E-state index contributed by atoms with van der Waals surface area (Å²) in [4.78, 5) is 27.1. The van der Waals surface area contributed by atoms with Crippen LogP contribution in [-0.2, 0) is 4.74 Å². The Morgan fingerprint density at radius 3 is 2.45 bits per heavy atom. The number of ether oxygens (including phenoxy) is 2. The minimum Gasteiger partial charge on any atom is -0.488 e. The summed E-state index contributed by atoms with van der Waals surface area (Å²) in [5.41, 5.74) is 2.48. The van der Waals surface area contributed by atoms with E-state index in [1.165, 1.54) is 12.3 Å². The summed E-state index contributed by atoms with van der Waals surface area (Å²) in [6.07, 6.45) is 1.15. The van der Waals surface area contributed by atoms with Gasteiger partial charge < -0.3 is 29.5 Å². The zero-order valence-corrected chi connectivity index (χ0v) is 25.9. The first-order valence-electron chi connectivity index (χ1n) is 13.9. The molecule has 2 aliphatic heterocycles. The fourth-order valence-electron chi connectivity index (χ4n) is 5.03. The summed E-state index contributed by atoms with van der Waals surface area (Å²) >= 11 is 13.1. The molecule has 0 atom stereocenters. The van der Waals surface area contributed by atoms with Gasteiger partial charge in [-0.3, -0.25) is 0 Å². The Kier molecular flexibility index (Phi) is 8.57. The number of halogens is 3. The number of nitrogens with one attached hydrogen (secondary N) is 1. The number of anilines is 4. The second-order valence-electron chi connectivity index (χ2n) is 11.6. The summed E-state index contributed by atoms with van der Waals surface area (Å²) < 4.78 is 26.5. The lowest BCUT2D eigenvalue weighted by atomic mass is 10.1. The lowest BCUT2D eigenvalue weighted by molar-refractivity contribution is 0.0240. The normalized spacial score (nSPS) is 15.4. The summed E-state index contributed by atoms with van der Waals surface area (Å²) in [5, 5.41) is 3.91. The standard InChI is InChI=1S/C30H35Cl2FN6O3/c1-18(2)39-12-13-41-27-21(31)14-19(15-25(27)39)26-22(32)17-34-28(36-26)35-20-6-7-24(23(33)16-20)37-8-10-38(11-9-37)29(40)42-30(3,4)5/h6-7,14-18H,8-13H2,1-5H3,(H,34,35,36). The maximum atomic E-state index is 15.3. The SMILES string of the molecule is CC(C)N1CCOc2c(Cl)cc(-c3nc(Nc4ccc(N5CCN(C(=O)OC(C)(C)C)CC5)c(F)c4)ncc3Cl)cc21. The number of carbonyl (C=O) groups excluding carboxylic acids is 1.